The van der Waals surface area contributed by atoms with Crippen molar-refractivity contribution in [1.82, 2.24) is 4.90 Å². The fourth-order valence-corrected chi connectivity index (χ4v) is 4.15. The number of amides is 1. The number of thiocarbonyl (C=S) groups is 1. The molecule has 1 amide bonds. The predicted octanol–water partition coefficient (Wildman–Crippen LogP) is 4.78. The van der Waals surface area contributed by atoms with Crippen LogP contribution in [0.5, 0.6) is 0 Å². The highest BCUT2D eigenvalue weighted by Gasteiger charge is 2.38. The molecule has 1 saturated heterocycles. The Morgan fingerprint density at radius 1 is 1.00 bits per heavy atom. The quantitative estimate of drug-likeness (QED) is 0.424. The molecule has 26 heavy (non-hydrogen) atoms. The normalized spacial score (nSPS) is 17.2. The molecule has 132 valence electrons. The van der Waals surface area contributed by atoms with Crippen molar-refractivity contribution >= 4 is 46.6 Å². The second-order valence-electron chi connectivity index (χ2n) is 6.41. The van der Waals surface area contributed by atoms with E-state index in [-0.39, 0.29) is 11.8 Å². The van der Waals surface area contributed by atoms with E-state index in [1.807, 2.05) is 62.4 Å². The fourth-order valence-electron chi connectivity index (χ4n) is 2.81. The summed E-state index contributed by atoms with van der Waals surface area (Å²) in [5, 5.41) is 0. The zero-order chi connectivity index (χ0) is 18.7. The van der Waals surface area contributed by atoms with Crippen LogP contribution < -0.4 is 0 Å². The van der Waals surface area contributed by atoms with E-state index >= 15 is 0 Å². The molecule has 5 heteroatoms. The van der Waals surface area contributed by atoms with Crippen LogP contribution in [0.15, 0.2) is 59.5 Å². The molecule has 1 unspecified atom stereocenters. The third kappa shape index (κ3) is 3.79. The third-order valence-electron chi connectivity index (χ3n) is 4.26. The molecule has 0 aliphatic carbocycles. The zero-order valence-corrected chi connectivity index (χ0v) is 16.2. The molecule has 3 rings (SSSR count). The molecule has 1 heterocycles. The van der Waals surface area contributed by atoms with Gasteiger partial charge < -0.3 is 4.79 Å². The van der Waals surface area contributed by atoms with Gasteiger partial charge in [0.15, 0.2) is 0 Å². The fraction of sp³-hybridized carbons (Fsp3) is 0.190. The first-order chi connectivity index (χ1) is 12.5. The predicted molar refractivity (Wildman–Crippen MR) is 112 cm³/mol. The SMILES string of the molecule is CC(C)C(C=O)N1C(=O)/C(=C\c2ccc(-c3ccccc3)cc2)SC1=S. The molecule has 2 aromatic carbocycles. The van der Waals surface area contributed by atoms with Gasteiger partial charge in [0.25, 0.3) is 5.91 Å². The molecule has 1 aliphatic heterocycles. The molecular formula is C21H19NO2S2. The standard InChI is InChI=1S/C21H19NO2S2/c1-14(2)18(13-23)22-20(24)19(26-21(22)25)12-15-8-10-17(11-9-15)16-6-4-3-5-7-16/h3-14,18H,1-2H3/b19-12+. The minimum absolute atomic E-state index is 0.0134. The van der Waals surface area contributed by atoms with E-state index in [1.54, 1.807) is 0 Å². The number of rotatable bonds is 5. The van der Waals surface area contributed by atoms with Crippen molar-refractivity contribution in [2.24, 2.45) is 5.92 Å². The molecule has 3 nitrogen and oxygen atoms in total. The summed E-state index contributed by atoms with van der Waals surface area (Å²) in [4.78, 5) is 26.1. The lowest BCUT2D eigenvalue weighted by Gasteiger charge is -2.24. The number of benzene rings is 2. The number of hydrogen-bond acceptors (Lipinski definition) is 4. The van der Waals surface area contributed by atoms with Crippen LogP contribution in [-0.2, 0) is 9.59 Å². The Labute approximate surface area is 163 Å². The van der Waals surface area contributed by atoms with E-state index in [2.05, 4.69) is 12.1 Å². The summed E-state index contributed by atoms with van der Waals surface area (Å²) in [7, 11) is 0. The van der Waals surface area contributed by atoms with Crippen molar-refractivity contribution in [3.8, 4) is 11.1 Å². The van der Waals surface area contributed by atoms with Crippen LogP contribution in [0, 0.1) is 5.92 Å². The van der Waals surface area contributed by atoms with Gasteiger partial charge in [0.05, 0.1) is 10.9 Å². The first-order valence-electron chi connectivity index (χ1n) is 8.39. The first kappa shape index (κ1) is 18.5. The highest BCUT2D eigenvalue weighted by atomic mass is 32.2. The van der Waals surface area contributed by atoms with Gasteiger partial charge in [-0.1, -0.05) is 92.4 Å². The van der Waals surface area contributed by atoms with E-state index in [9.17, 15) is 9.59 Å². The smallest absolute Gasteiger partial charge is 0.266 e. The number of nitrogens with zero attached hydrogens (tertiary/aromatic N) is 1. The second kappa shape index (κ2) is 7.98. The molecule has 1 atom stereocenters. The highest BCUT2D eigenvalue weighted by molar-refractivity contribution is 8.26. The van der Waals surface area contributed by atoms with Gasteiger partial charge in [0.1, 0.15) is 10.6 Å². The summed E-state index contributed by atoms with van der Waals surface area (Å²) in [6.07, 6.45) is 2.63. The van der Waals surface area contributed by atoms with Gasteiger partial charge in [-0.25, -0.2) is 0 Å². The maximum absolute atomic E-state index is 12.7. The number of carbonyl (C=O) groups excluding carboxylic acids is 2. The van der Waals surface area contributed by atoms with Crippen molar-refractivity contribution in [3.63, 3.8) is 0 Å². The minimum Gasteiger partial charge on any atom is -0.301 e. The lowest BCUT2D eigenvalue weighted by Crippen LogP contribution is -2.42. The maximum Gasteiger partial charge on any atom is 0.266 e. The van der Waals surface area contributed by atoms with Crippen molar-refractivity contribution < 1.29 is 9.59 Å². The molecule has 0 aromatic heterocycles. The third-order valence-corrected chi connectivity index (χ3v) is 5.59. The van der Waals surface area contributed by atoms with E-state index in [0.29, 0.717) is 9.23 Å². The van der Waals surface area contributed by atoms with Crippen LogP contribution in [0.1, 0.15) is 19.4 Å². The highest BCUT2D eigenvalue weighted by Crippen LogP contribution is 2.35. The van der Waals surface area contributed by atoms with Gasteiger partial charge in [-0.3, -0.25) is 9.69 Å². The molecule has 0 saturated carbocycles. The number of thioether (sulfide) groups is 1. The van der Waals surface area contributed by atoms with Crippen LogP contribution >= 0.6 is 24.0 Å². The Balaban J connectivity index is 1.83. The number of carbonyl (C=O) groups is 2. The van der Waals surface area contributed by atoms with Gasteiger partial charge >= 0.3 is 0 Å². The molecule has 0 spiro atoms. The Kier molecular flexibility index (Phi) is 5.69. The Morgan fingerprint density at radius 2 is 1.62 bits per heavy atom. The topological polar surface area (TPSA) is 37.4 Å². The minimum atomic E-state index is -0.520. The summed E-state index contributed by atoms with van der Waals surface area (Å²) in [5.41, 5.74) is 3.20. The monoisotopic (exact) mass is 381 g/mol. The van der Waals surface area contributed by atoms with Crippen LogP contribution in [0.4, 0.5) is 0 Å². The largest absolute Gasteiger partial charge is 0.301 e. The average Bonchev–Trinajstić information content (AvgIpc) is 2.91. The van der Waals surface area contributed by atoms with E-state index < -0.39 is 6.04 Å². The lowest BCUT2D eigenvalue weighted by atomic mass is 10.0. The van der Waals surface area contributed by atoms with Crippen molar-refractivity contribution in [2.45, 2.75) is 19.9 Å². The summed E-state index contributed by atoms with van der Waals surface area (Å²) in [6, 6.07) is 17.6. The zero-order valence-electron chi connectivity index (χ0n) is 14.6. The molecular weight excluding hydrogens is 362 g/mol. The summed E-state index contributed by atoms with van der Waals surface area (Å²) < 4.78 is 0.438. The second-order valence-corrected chi connectivity index (χ2v) is 8.09. The Bertz CT molecular complexity index is 857. The molecule has 1 fully saturated rings. The molecule has 1 aliphatic rings. The molecule has 0 N–H and O–H groups in total. The van der Waals surface area contributed by atoms with Crippen molar-refractivity contribution in [3.05, 3.63) is 65.1 Å². The van der Waals surface area contributed by atoms with Gasteiger partial charge in [-0.05, 0) is 28.7 Å². The van der Waals surface area contributed by atoms with Crippen LogP contribution in [0.25, 0.3) is 17.2 Å². The van der Waals surface area contributed by atoms with Gasteiger partial charge in [-0.2, -0.15) is 0 Å². The van der Waals surface area contributed by atoms with E-state index in [4.69, 9.17) is 12.2 Å². The summed E-state index contributed by atoms with van der Waals surface area (Å²) >= 11 is 6.57. The molecule has 2 aromatic rings. The van der Waals surface area contributed by atoms with Gasteiger partial charge in [0.2, 0.25) is 0 Å². The number of aldehydes is 1. The van der Waals surface area contributed by atoms with Gasteiger partial charge in [0, 0.05) is 0 Å². The first-order valence-corrected chi connectivity index (χ1v) is 9.61. The van der Waals surface area contributed by atoms with E-state index in [0.717, 1.165) is 23.0 Å². The van der Waals surface area contributed by atoms with E-state index in [1.165, 1.54) is 16.7 Å². The lowest BCUT2D eigenvalue weighted by molar-refractivity contribution is -0.128. The molecule has 0 radical (unpaired) electrons. The Hall–Kier alpha value is -2.24. The number of hydrogen-bond donors (Lipinski definition) is 0. The molecule has 0 bridgehead atoms. The maximum atomic E-state index is 12.7. The van der Waals surface area contributed by atoms with Crippen LogP contribution in [-0.4, -0.2) is 27.5 Å². The summed E-state index contributed by atoms with van der Waals surface area (Å²) in [5.74, 6) is -0.183. The van der Waals surface area contributed by atoms with Crippen LogP contribution in [0.2, 0.25) is 0 Å². The van der Waals surface area contributed by atoms with Crippen LogP contribution in [0.3, 0.4) is 0 Å². The summed E-state index contributed by atoms with van der Waals surface area (Å²) in [6.45, 7) is 3.81. The van der Waals surface area contributed by atoms with Crippen molar-refractivity contribution in [1.29, 1.82) is 0 Å². The average molecular weight is 382 g/mol. The Morgan fingerprint density at radius 3 is 2.19 bits per heavy atom. The van der Waals surface area contributed by atoms with Gasteiger partial charge in [-0.15, -0.1) is 0 Å². The van der Waals surface area contributed by atoms with Crippen molar-refractivity contribution in [2.75, 3.05) is 0 Å².